The second-order valence-corrected chi connectivity index (χ2v) is 6.54. The standard InChI is InChI=1S/C22H20F2N2O6/c1-2-30-20(28)17-16(25-22(29)26-18(17)13-7-4-3-5-8-13)12-31-19(27)14-9-6-10-15(11-14)32-21(23)24/h3-11,18,21H,2,12H2,1H3,(H2,25,26,29). The second-order valence-electron chi connectivity index (χ2n) is 6.54. The lowest BCUT2D eigenvalue weighted by Gasteiger charge is -2.29. The van der Waals surface area contributed by atoms with Crippen LogP contribution in [0.5, 0.6) is 5.75 Å². The van der Waals surface area contributed by atoms with Crippen LogP contribution >= 0.6 is 0 Å². The number of ether oxygens (including phenoxy) is 3. The lowest BCUT2D eigenvalue weighted by Crippen LogP contribution is -2.47. The molecule has 0 saturated carbocycles. The molecule has 0 fully saturated rings. The van der Waals surface area contributed by atoms with Gasteiger partial charge in [-0.1, -0.05) is 36.4 Å². The summed E-state index contributed by atoms with van der Waals surface area (Å²) in [6.07, 6.45) is 0. The molecule has 3 rings (SSSR count). The number of hydrogen-bond donors (Lipinski definition) is 2. The van der Waals surface area contributed by atoms with Crippen molar-refractivity contribution >= 4 is 18.0 Å². The van der Waals surface area contributed by atoms with Crippen molar-refractivity contribution in [2.45, 2.75) is 19.6 Å². The van der Waals surface area contributed by atoms with Crippen molar-refractivity contribution in [1.29, 1.82) is 0 Å². The molecule has 32 heavy (non-hydrogen) atoms. The van der Waals surface area contributed by atoms with Crippen LogP contribution in [-0.2, 0) is 14.3 Å². The number of benzene rings is 2. The molecule has 0 saturated heterocycles. The van der Waals surface area contributed by atoms with Crippen molar-refractivity contribution in [3.63, 3.8) is 0 Å². The van der Waals surface area contributed by atoms with Crippen LogP contribution in [0.15, 0.2) is 65.9 Å². The lowest BCUT2D eigenvalue weighted by atomic mass is 9.95. The van der Waals surface area contributed by atoms with E-state index in [1.807, 2.05) is 0 Å². The Labute approximate surface area is 182 Å². The smallest absolute Gasteiger partial charge is 0.387 e. The van der Waals surface area contributed by atoms with E-state index in [1.165, 1.54) is 18.2 Å². The predicted molar refractivity (Wildman–Crippen MR) is 108 cm³/mol. The quantitative estimate of drug-likeness (QED) is 0.603. The molecule has 1 unspecified atom stereocenters. The Hall–Kier alpha value is -3.95. The number of halogens is 2. The number of carbonyl (C=O) groups is 3. The van der Waals surface area contributed by atoms with Crippen molar-refractivity contribution in [2.75, 3.05) is 13.2 Å². The Morgan fingerprint density at radius 2 is 1.78 bits per heavy atom. The van der Waals surface area contributed by atoms with Gasteiger partial charge in [-0.3, -0.25) is 0 Å². The number of hydrogen-bond acceptors (Lipinski definition) is 6. The van der Waals surface area contributed by atoms with Gasteiger partial charge in [0.25, 0.3) is 0 Å². The summed E-state index contributed by atoms with van der Waals surface area (Å²) in [7, 11) is 0. The highest BCUT2D eigenvalue weighted by molar-refractivity contribution is 5.95. The van der Waals surface area contributed by atoms with Gasteiger partial charge in [0.2, 0.25) is 0 Å². The van der Waals surface area contributed by atoms with Crippen LogP contribution in [0.1, 0.15) is 28.9 Å². The van der Waals surface area contributed by atoms with E-state index >= 15 is 0 Å². The molecule has 0 aromatic heterocycles. The molecule has 2 aromatic carbocycles. The zero-order chi connectivity index (χ0) is 23.1. The maximum Gasteiger partial charge on any atom is 0.387 e. The van der Waals surface area contributed by atoms with Gasteiger partial charge < -0.3 is 24.8 Å². The molecule has 0 spiro atoms. The van der Waals surface area contributed by atoms with E-state index < -0.39 is 37.2 Å². The molecule has 0 bridgehead atoms. The minimum atomic E-state index is -3.04. The Kier molecular flexibility index (Phi) is 7.37. The SMILES string of the molecule is CCOC(=O)C1=C(COC(=O)c2cccc(OC(F)F)c2)NC(=O)NC1c1ccccc1. The normalized spacial score (nSPS) is 15.6. The lowest BCUT2D eigenvalue weighted by molar-refractivity contribution is -0.139. The highest BCUT2D eigenvalue weighted by Crippen LogP contribution is 2.28. The maximum atomic E-state index is 12.7. The number of carbonyl (C=O) groups excluding carboxylic acids is 3. The molecule has 2 aromatic rings. The largest absolute Gasteiger partial charge is 0.463 e. The van der Waals surface area contributed by atoms with E-state index in [2.05, 4.69) is 15.4 Å². The van der Waals surface area contributed by atoms with Crippen molar-refractivity contribution < 1.29 is 37.4 Å². The molecule has 2 N–H and O–H groups in total. The van der Waals surface area contributed by atoms with Crippen molar-refractivity contribution in [2.24, 2.45) is 0 Å². The first-order chi connectivity index (χ1) is 15.4. The van der Waals surface area contributed by atoms with Crippen LogP contribution in [-0.4, -0.2) is 37.8 Å². The predicted octanol–water partition coefficient (Wildman–Crippen LogP) is 3.32. The van der Waals surface area contributed by atoms with Crippen molar-refractivity contribution in [1.82, 2.24) is 10.6 Å². The second kappa shape index (κ2) is 10.4. The third kappa shape index (κ3) is 5.60. The van der Waals surface area contributed by atoms with E-state index in [0.29, 0.717) is 5.56 Å². The topological polar surface area (TPSA) is 103 Å². The maximum absolute atomic E-state index is 12.7. The Morgan fingerprint density at radius 3 is 2.47 bits per heavy atom. The first-order valence-electron chi connectivity index (χ1n) is 9.63. The minimum Gasteiger partial charge on any atom is -0.463 e. The summed E-state index contributed by atoms with van der Waals surface area (Å²) >= 11 is 0. The summed E-state index contributed by atoms with van der Waals surface area (Å²) in [6.45, 7) is -1.76. The molecular formula is C22H20F2N2O6. The Morgan fingerprint density at radius 1 is 1.03 bits per heavy atom. The average molecular weight is 446 g/mol. The van der Waals surface area contributed by atoms with E-state index in [4.69, 9.17) is 9.47 Å². The zero-order valence-electron chi connectivity index (χ0n) is 17.0. The number of amides is 2. The molecule has 1 atom stereocenters. The fourth-order valence-electron chi connectivity index (χ4n) is 3.10. The molecule has 2 amide bonds. The van der Waals surface area contributed by atoms with Crippen LogP contribution in [0.25, 0.3) is 0 Å². The molecule has 0 aliphatic carbocycles. The number of esters is 2. The molecule has 168 valence electrons. The fourth-order valence-corrected chi connectivity index (χ4v) is 3.10. The molecular weight excluding hydrogens is 426 g/mol. The monoisotopic (exact) mass is 446 g/mol. The third-order valence-electron chi connectivity index (χ3n) is 4.42. The van der Waals surface area contributed by atoms with Crippen molar-refractivity contribution in [3.8, 4) is 5.75 Å². The summed E-state index contributed by atoms with van der Waals surface area (Å²) in [6, 6.07) is 12.4. The van der Waals surface area contributed by atoms with Crippen LogP contribution < -0.4 is 15.4 Å². The summed E-state index contributed by atoms with van der Waals surface area (Å²) in [5.74, 6) is -1.75. The fraction of sp³-hybridized carbons (Fsp3) is 0.227. The van der Waals surface area contributed by atoms with Crippen LogP contribution in [0.2, 0.25) is 0 Å². The van der Waals surface area contributed by atoms with Crippen LogP contribution in [0.3, 0.4) is 0 Å². The van der Waals surface area contributed by atoms with Gasteiger partial charge in [-0.15, -0.1) is 0 Å². The number of nitrogens with one attached hydrogen (secondary N) is 2. The van der Waals surface area contributed by atoms with Gasteiger partial charge in [0.05, 0.1) is 29.5 Å². The Bertz CT molecular complexity index is 1030. The van der Waals surface area contributed by atoms with E-state index in [1.54, 1.807) is 37.3 Å². The van der Waals surface area contributed by atoms with Crippen LogP contribution in [0.4, 0.5) is 13.6 Å². The molecule has 10 heteroatoms. The average Bonchev–Trinajstić information content (AvgIpc) is 2.77. The van der Waals surface area contributed by atoms with E-state index in [0.717, 1.165) is 6.07 Å². The summed E-state index contributed by atoms with van der Waals surface area (Å²) in [5, 5.41) is 5.14. The summed E-state index contributed by atoms with van der Waals surface area (Å²) in [4.78, 5) is 37.3. The molecule has 0 radical (unpaired) electrons. The van der Waals surface area contributed by atoms with Gasteiger partial charge in [-0.25, -0.2) is 14.4 Å². The minimum absolute atomic E-state index is 0.0405. The molecule has 1 aliphatic rings. The zero-order valence-corrected chi connectivity index (χ0v) is 17.0. The van der Waals surface area contributed by atoms with Crippen LogP contribution in [0, 0.1) is 0 Å². The Balaban J connectivity index is 1.86. The number of urea groups is 1. The van der Waals surface area contributed by atoms with E-state index in [9.17, 15) is 23.2 Å². The van der Waals surface area contributed by atoms with Crippen molar-refractivity contribution in [3.05, 3.63) is 77.0 Å². The first kappa shape index (κ1) is 22.7. The van der Waals surface area contributed by atoms with E-state index in [-0.39, 0.29) is 29.2 Å². The van der Waals surface area contributed by atoms with Gasteiger partial charge in [-0.2, -0.15) is 8.78 Å². The molecule has 8 nitrogen and oxygen atoms in total. The summed E-state index contributed by atoms with van der Waals surface area (Å²) in [5.41, 5.74) is 0.724. The third-order valence-corrected chi connectivity index (χ3v) is 4.42. The van der Waals surface area contributed by atoms with Gasteiger partial charge in [-0.05, 0) is 30.7 Å². The highest BCUT2D eigenvalue weighted by Gasteiger charge is 2.34. The number of rotatable bonds is 8. The van der Waals surface area contributed by atoms with Gasteiger partial charge >= 0.3 is 24.6 Å². The first-order valence-corrected chi connectivity index (χ1v) is 9.63. The number of alkyl halides is 2. The highest BCUT2D eigenvalue weighted by atomic mass is 19.3. The molecule has 1 aliphatic heterocycles. The molecule has 1 heterocycles. The van der Waals surface area contributed by atoms with Gasteiger partial charge in [0, 0.05) is 0 Å². The summed E-state index contributed by atoms with van der Waals surface area (Å²) < 4.78 is 39.4. The van der Waals surface area contributed by atoms with Gasteiger partial charge in [0.1, 0.15) is 12.4 Å². The van der Waals surface area contributed by atoms with Gasteiger partial charge in [0.15, 0.2) is 0 Å².